The minimum Gasteiger partial charge on any atom is -0.753 e. The summed E-state index contributed by atoms with van der Waals surface area (Å²) in [5.74, 6) is -2.76. The topological polar surface area (TPSA) is 172 Å². The fourth-order valence-electron chi connectivity index (χ4n) is 3.46. The Bertz CT molecular complexity index is 1290. The van der Waals surface area contributed by atoms with Crippen molar-refractivity contribution in [1.82, 2.24) is 9.13 Å². The average Bonchev–Trinajstić information content (AvgIpc) is 3.08. The van der Waals surface area contributed by atoms with Crippen LogP contribution in [-0.2, 0) is 32.9 Å². The second-order valence-corrected chi connectivity index (χ2v) is 8.41. The number of hydrogen-bond donors (Lipinski definition) is 0. The summed E-state index contributed by atoms with van der Waals surface area (Å²) in [6.07, 6.45) is -5.30. The fraction of sp³-hybridized carbons (Fsp3) is 0.350. The Balaban J connectivity index is 2.08. The molecule has 1 aromatic heterocycles. The highest BCUT2D eigenvalue weighted by Gasteiger charge is 2.51. The lowest BCUT2D eigenvalue weighted by molar-refractivity contribution is -0.215. The molecule has 0 bridgehead atoms. The molecule has 0 aliphatic carbocycles. The summed E-state index contributed by atoms with van der Waals surface area (Å²) in [4.78, 5) is 72.6. The van der Waals surface area contributed by atoms with Crippen molar-refractivity contribution >= 4 is 25.8 Å². The number of aromatic nitrogens is 2. The molecule has 1 aliphatic heterocycles. The van der Waals surface area contributed by atoms with Gasteiger partial charge in [-0.1, -0.05) is 18.2 Å². The molecule has 5 atom stereocenters. The Morgan fingerprint density at radius 1 is 1.06 bits per heavy atom. The van der Waals surface area contributed by atoms with Crippen molar-refractivity contribution in [3.63, 3.8) is 0 Å². The number of halogens is 1. The van der Waals surface area contributed by atoms with Crippen LogP contribution in [0.15, 0.2) is 52.2 Å². The SMILES string of the molecule is CC(=O)O[C@@H]1[C@H](OC(C)=O)[C@@H](COP(=O)([O-])F)O[C@H]1n1ccc(=O)n(C(=O)c2ccccc2)c1=O. The van der Waals surface area contributed by atoms with Crippen molar-refractivity contribution in [1.29, 1.82) is 0 Å². The maximum Gasteiger partial charge on any atom is 0.340 e. The van der Waals surface area contributed by atoms with Gasteiger partial charge >= 0.3 is 25.5 Å². The molecule has 3 rings (SSSR count). The molecular weight excluding hydrogens is 494 g/mol. The van der Waals surface area contributed by atoms with E-state index in [1.54, 1.807) is 6.07 Å². The molecule has 0 saturated carbocycles. The van der Waals surface area contributed by atoms with Crippen LogP contribution in [0.1, 0.15) is 30.4 Å². The minimum atomic E-state index is -5.73. The maximum atomic E-state index is 13.2. The van der Waals surface area contributed by atoms with Gasteiger partial charge in [-0.2, -0.15) is 8.76 Å². The van der Waals surface area contributed by atoms with Gasteiger partial charge in [0.2, 0.25) is 0 Å². The largest absolute Gasteiger partial charge is 0.753 e. The highest BCUT2D eigenvalue weighted by Crippen LogP contribution is 2.41. The van der Waals surface area contributed by atoms with E-state index in [0.29, 0.717) is 4.57 Å². The highest BCUT2D eigenvalue weighted by atomic mass is 31.2. The Hall–Kier alpha value is -3.45. The lowest BCUT2D eigenvalue weighted by Gasteiger charge is -2.24. The summed E-state index contributed by atoms with van der Waals surface area (Å²) >= 11 is 0. The van der Waals surface area contributed by atoms with Gasteiger partial charge in [-0.3, -0.25) is 28.3 Å². The van der Waals surface area contributed by atoms with Gasteiger partial charge < -0.3 is 23.6 Å². The summed E-state index contributed by atoms with van der Waals surface area (Å²) in [6, 6.07) is 8.28. The van der Waals surface area contributed by atoms with Crippen LogP contribution in [0.25, 0.3) is 0 Å². The predicted molar refractivity (Wildman–Crippen MR) is 111 cm³/mol. The van der Waals surface area contributed by atoms with E-state index >= 15 is 0 Å². The van der Waals surface area contributed by atoms with Crippen molar-refractivity contribution in [2.45, 2.75) is 38.4 Å². The summed E-state index contributed by atoms with van der Waals surface area (Å²) in [5.41, 5.74) is -2.15. The third-order valence-corrected chi connectivity index (χ3v) is 5.25. The molecule has 2 aromatic rings. The van der Waals surface area contributed by atoms with E-state index in [1.807, 2.05) is 0 Å². The van der Waals surface area contributed by atoms with Gasteiger partial charge in [0.05, 0.1) is 6.61 Å². The molecule has 0 amide bonds. The highest BCUT2D eigenvalue weighted by molar-refractivity contribution is 7.45. The average molecular weight is 513 g/mol. The van der Waals surface area contributed by atoms with E-state index in [2.05, 4.69) is 4.52 Å². The van der Waals surface area contributed by atoms with Gasteiger partial charge in [-0.25, -0.2) is 4.79 Å². The van der Waals surface area contributed by atoms with Crippen molar-refractivity contribution in [2.75, 3.05) is 6.61 Å². The molecular formula is C20H19FN2O11P-. The van der Waals surface area contributed by atoms with Gasteiger partial charge in [0.15, 0.2) is 18.4 Å². The second kappa shape index (κ2) is 10.4. The smallest absolute Gasteiger partial charge is 0.340 e. The van der Waals surface area contributed by atoms with E-state index in [-0.39, 0.29) is 5.56 Å². The fourth-order valence-corrected chi connectivity index (χ4v) is 3.79. The van der Waals surface area contributed by atoms with Crippen molar-refractivity contribution in [2.24, 2.45) is 0 Å². The van der Waals surface area contributed by atoms with E-state index in [0.717, 1.165) is 30.7 Å². The third-order valence-electron chi connectivity index (χ3n) is 4.79. The number of benzene rings is 1. The number of carbonyl (C=O) groups is 3. The van der Waals surface area contributed by atoms with Gasteiger partial charge in [-0.05, 0) is 12.1 Å². The molecule has 1 aromatic carbocycles. The Kier molecular flexibility index (Phi) is 7.80. The van der Waals surface area contributed by atoms with Crippen molar-refractivity contribution < 1.29 is 46.8 Å². The number of hydrogen-bond acceptors (Lipinski definition) is 11. The number of esters is 2. The Labute approximate surface area is 196 Å². The first-order valence-electron chi connectivity index (χ1n) is 9.98. The van der Waals surface area contributed by atoms with Gasteiger partial charge in [0.1, 0.15) is 6.10 Å². The van der Waals surface area contributed by atoms with Gasteiger partial charge in [0, 0.05) is 31.7 Å². The summed E-state index contributed by atoms with van der Waals surface area (Å²) in [7, 11) is -5.73. The summed E-state index contributed by atoms with van der Waals surface area (Å²) in [6.45, 7) is 0.997. The van der Waals surface area contributed by atoms with Crippen LogP contribution in [0.3, 0.4) is 0 Å². The standard InChI is InChI=1S/C20H20FN2O11P/c1-11(24)32-16-14(10-31-35(21,29)30)34-19(17(16)33-12(2)25)22-9-8-15(26)23(20(22)28)18(27)13-6-4-3-5-7-13/h3-9,14,16-17,19H,10H2,1-2H3,(H,29,30)/p-1/t14-,16-,17-,19-/m1/s1. The van der Waals surface area contributed by atoms with E-state index in [4.69, 9.17) is 14.2 Å². The molecule has 1 fully saturated rings. The quantitative estimate of drug-likeness (QED) is 0.358. The molecule has 13 nitrogen and oxygen atoms in total. The molecule has 1 unspecified atom stereocenters. The molecule has 35 heavy (non-hydrogen) atoms. The van der Waals surface area contributed by atoms with Crippen LogP contribution in [0.4, 0.5) is 4.20 Å². The third kappa shape index (κ3) is 6.17. The van der Waals surface area contributed by atoms with Crippen molar-refractivity contribution in [3.05, 3.63) is 69.0 Å². The van der Waals surface area contributed by atoms with Crippen LogP contribution in [0.5, 0.6) is 0 Å². The molecule has 0 N–H and O–H groups in total. The molecule has 15 heteroatoms. The Morgan fingerprint density at radius 2 is 1.66 bits per heavy atom. The zero-order valence-electron chi connectivity index (χ0n) is 18.3. The zero-order chi connectivity index (χ0) is 25.9. The molecule has 1 aliphatic rings. The first-order valence-corrected chi connectivity index (χ1v) is 11.4. The first kappa shape index (κ1) is 26.2. The minimum absolute atomic E-state index is 0.0199. The lowest BCUT2D eigenvalue weighted by atomic mass is 10.1. The molecule has 1 saturated heterocycles. The summed E-state index contributed by atoms with van der Waals surface area (Å²) in [5, 5.41) is 0. The number of rotatable bonds is 7. The molecule has 0 spiro atoms. The monoisotopic (exact) mass is 513 g/mol. The number of nitrogens with zero attached hydrogens (tertiary/aromatic N) is 2. The zero-order valence-corrected chi connectivity index (χ0v) is 19.2. The lowest BCUT2D eigenvalue weighted by Crippen LogP contribution is -2.47. The first-order chi connectivity index (χ1) is 16.4. The molecule has 2 heterocycles. The number of carbonyl (C=O) groups excluding carboxylic acids is 3. The second-order valence-electron chi connectivity index (χ2n) is 7.29. The van der Waals surface area contributed by atoms with Gasteiger partial charge in [0.25, 0.3) is 11.5 Å². The Morgan fingerprint density at radius 3 is 2.23 bits per heavy atom. The number of ether oxygens (including phenoxy) is 3. The van der Waals surface area contributed by atoms with Crippen molar-refractivity contribution in [3.8, 4) is 0 Å². The summed E-state index contributed by atoms with van der Waals surface area (Å²) < 4.78 is 44.7. The van der Waals surface area contributed by atoms with Crippen LogP contribution in [-0.4, -0.2) is 51.9 Å². The predicted octanol–water partition coefficient (Wildman–Crippen LogP) is -0.0862. The van der Waals surface area contributed by atoms with E-state index in [1.165, 1.54) is 24.3 Å². The van der Waals surface area contributed by atoms with Crippen LogP contribution < -0.4 is 16.1 Å². The molecule has 188 valence electrons. The normalized spacial score (nSPS) is 23.3. The van der Waals surface area contributed by atoms with E-state index < -0.39 is 68.1 Å². The maximum absolute atomic E-state index is 13.2. The van der Waals surface area contributed by atoms with Crippen LogP contribution in [0.2, 0.25) is 0 Å². The molecule has 0 radical (unpaired) electrons. The van der Waals surface area contributed by atoms with E-state index in [9.17, 15) is 37.6 Å². The van der Waals surface area contributed by atoms with Crippen LogP contribution in [0, 0.1) is 0 Å². The van der Waals surface area contributed by atoms with Gasteiger partial charge in [-0.15, -0.1) is 0 Å². The van der Waals surface area contributed by atoms with Crippen LogP contribution >= 0.6 is 7.91 Å².